The highest BCUT2D eigenvalue weighted by atomic mass is 35.5. The molecule has 1 aromatic rings. The maximum Gasteiger partial charge on any atom is 0.227 e. The predicted octanol–water partition coefficient (Wildman–Crippen LogP) is 3.32. The van der Waals surface area contributed by atoms with E-state index in [0.29, 0.717) is 0 Å². The molecule has 1 saturated carbocycles. The Balaban J connectivity index is 0.00000208. The van der Waals surface area contributed by atoms with E-state index < -0.39 is 0 Å². The molecule has 0 unspecified atom stereocenters. The fourth-order valence-electron chi connectivity index (χ4n) is 3.97. The minimum absolute atomic E-state index is 0. The fourth-order valence-corrected chi connectivity index (χ4v) is 4.10. The average molecular weight is 372 g/mol. The van der Waals surface area contributed by atoms with E-state index >= 15 is 0 Å². The van der Waals surface area contributed by atoms with Gasteiger partial charge in [0.1, 0.15) is 0 Å². The lowest BCUT2D eigenvalue weighted by atomic mass is 9.95. The van der Waals surface area contributed by atoms with Crippen molar-refractivity contribution >= 4 is 35.6 Å². The van der Waals surface area contributed by atoms with Crippen molar-refractivity contribution in [3.63, 3.8) is 0 Å². The Hall–Kier alpha value is -0.970. The summed E-state index contributed by atoms with van der Waals surface area (Å²) in [7, 11) is 0. The van der Waals surface area contributed by atoms with Crippen LogP contribution in [0.3, 0.4) is 0 Å². The van der Waals surface area contributed by atoms with Gasteiger partial charge in [-0.3, -0.25) is 4.79 Å². The van der Waals surface area contributed by atoms with Gasteiger partial charge in [-0.2, -0.15) is 0 Å². The number of hydrogen-bond acceptors (Lipinski definition) is 3. The number of nitrogens with two attached hydrogens (primary N) is 1. The third-order valence-electron chi connectivity index (χ3n) is 5.24. The Labute approximate surface area is 155 Å². The molecule has 24 heavy (non-hydrogen) atoms. The second kappa shape index (κ2) is 7.51. The average Bonchev–Trinajstić information content (AvgIpc) is 2.93. The van der Waals surface area contributed by atoms with E-state index in [4.69, 9.17) is 17.3 Å². The number of rotatable bonds is 2. The number of carbonyl (C=O) groups excluding carboxylic acids is 1. The van der Waals surface area contributed by atoms with Crippen molar-refractivity contribution in [1.29, 1.82) is 0 Å². The molecule has 1 saturated heterocycles. The van der Waals surface area contributed by atoms with Crippen molar-refractivity contribution in [3.05, 3.63) is 29.3 Å². The van der Waals surface area contributed by atoms with Crippen LogP contribution in [-0.2, 0) is 4.79 Å². The van der Waals surface area contributed by atoms with E-state index in [-0.39, 0.29) is 35.8 Å². The van der Waals surface area contributed by atoms with Crippen molar-refractivity contribution in [2.45, 2.75) is 44.7 Å². The van der Waals surface area contributed by atoms with Crippen molar-refractivity contribution in [2.75, 3.05) is 24.5 Å². The summed E-state index contributed by atoms with van der Waals surface area (Å²) in [5.41, 5.74) is 7.17. The molecule has 0 spiro atoms. The van der Waals surface area contributed by atoms with E-state index in [1.54, 1.807) is 0 Å². The van der Waals surface area contributed by atoms with E-state index in [2.05, 4.69) is 30.9 Å². The van der Waals surface area contributed by atoms with Gasteiger partial charge in [0.25, 0.3) is 0 Å². The standard InChI is InChI=1S/C18H26ClN3O.ClH/c1-18(2)12-21(17(23)15-4-3-5-16(15)20)10-11-22(18)14-8-6-13(19)7-9-14;/h6-9,15-16H,3-5,10-12,20H2,1-2H3;1H/t15-,16+;/m1./s1. The van der Waals surface area contributed by atoms with Crippen LogP contribution >= 0.6 is 24.0 Å². The highest BCUT2D eigenvalue weighted by Gasteiger charge is 2.40. The molecule has 2 N–H and O–H groups in total. The second-order valence-electron chi connectivity index (χ2n) is 7.40. The third-order valence-corrected chi connectivity index (χ3v) is 5.49. The summed E-state index contributed by atoms with van der Waals surface area (Å²) >= 11 is 5.99. The molecule has 0 aromatic heterocycles. The first-order chi connectivity index (χ1) is 10.9. The molecule has 1 amide bonds. The van der Waals surface area contributed by atoms with Crippen molar-refractivity contribution < 1.29 is 4.79 Å². The van der Waals surface area contributed by atoms with Crippen molar-refractivity contribution in [3.8, 4) is 0 Å². The molecule has 1 heterocycles. The number of halogens is 2. The summed E-state index contributed by atoms with van der Waals surface area (Å²) < 4.78 is 0. The fraction of sp³-hybridized carbons (Fsp3) is 0.611. The van der Waals surface area contributed by atoms with E-state index in [1.807, 2.05) is 17.0 Å². The van der Waals surface area contributed by atoms with Crippen LogP contribution < -0.4 is 10.6 Å². The first kappa shape index (κ1) is 19.4. The van der Waals surface area contributed by atoms with E-state index in [0.717, 1.165) is 49.6 Å². The zero-order valence-corrected chi connectivity index (χ0v) is 15.9. The molecular weight excluding hydrogens is 345 g/mol. The van der Waals surface area contributed by atoms with Crippen LogP contribution in [0, 0.1) is 5.92 Å². The smallest absolute Gasteiger partial charge is 0.227 e. The molecule has 2 fully saturated rings. The summed E-state index contributed by atoms with van der Waals surface area (Å²) in [5, 5.41) is 0.746. The minimum Gasteiger partial charge on any atom is -0.363 e. The maximum atomic E-state index is 12.8. The Bertz CT molecular complexity index is 576. The van der Waals surface area contributed by atoms with Gasteiger partial charge < -0.3 is 15.5 Å². The van der Waals surface area contributed by atoms with Crippen LogP contribution in [0.4, 0.5) is 5.69 Å². The number of hydrogen-bond donors (Lipinski definition) is 1. The largest absolute Gasteiger partial charge is 0.363 e. The molecule has 2 atom stereocenters. The van der Waals surface area contributed by atoms with E-state index in [1.165, 1.54) is 0 Å². The summed E-state index contributed by atoms with van der Waals surface area (Å²) in [6.45, 7) is 6.71. The number of amides is 1. The molecule has 2 aliphatic rings. The highest BCUT2D eigenvalue weighted by molar-refractivity contribution is 6.30. The molecule has 0 radical (unpaired) electrons. The lowest BCUT2D eigenvalue weighted by molar-refractivity contribution is -0.137. The van der Waals surface area contributed by atoms with Crippen LogP contribution in [0.5, 0.6) is 0 Å². The number of benzene rings is 1. The van der Waals surface area contributed by atoms with Crippen LogP contribution in [0.1, 0.15) is 33.1 Å². The number of anilines is 1. The Morgan fingerprint density at radius 3 is 2.42 bits per heavy atom. The maximum absolute atomic E-state index is 12.8. The van der Waals surface area contributed by atoms with Gasteiger partial charge in [0, 0.05) is 36.4 Å². The predicted molar refractivity (Wildman–Crippen MR) is 102 cm³/mol. The van der Waals surface area contributed by atoms with Gasteiger partial charge in [-0.05, 0) is 51.0 Å². The molecule has 4 nitrogen and oxygen atoms in total. The van der Waals surface area contributed by atoms with Crippen LogP contribution in [0.25, 0.3) is 0 Å². The van der Waals surface area contributed by atoms with Crippen molar-refractivity contribution in [1.82, 2.24) is 4.90 Å². The van der Waals surface area contributed by atoms with Gasteiger partial charge in [0.2, 0.25) is 5.91 Å². The molecule has 1 aliphatic carbocycles. The van der Waals surface area contributed by atoms with Crippen molar-refractivity contribution in [2.24, 2.45) is 11.7 Å². The van der Waals surface area contributed by atoms with Crippen LogP contribution in [0.2, 0.25) is 5.02 Å². The zero-order valence-electron chi connectivity index (χ0n) is 14.4. The summed E-state index contributed by atoms with van der Waals surface area (Å²) in [6.07, 6.45) is 2.99. The minimum atomic E-state index is -0.107. The molecular formula is C18H27Cl2N3O. The molecule has 134 valence electrons. The second-order valence-corrected chi connectivity index (χ2v) is 7.84. The zero-order chi connectivity index (χ0) is 16.6. The van der Waals surface area contributed by atoms with Gasteiger partial charge in [-0.25, -0.2) is 0 Å². The number of nitrogens with zero attached hydrogens (tertiary/aromatic N) is 2. The monoisotopic (exact) mass is 371 g/mol. The van der Waals surface area contributed by atoms with Gasteiger partial charge in [-0.15, -0.1) is 12.4 Å². The lowest BCUT2D eigenvalue weighted by Gasteiger charge is -2.49. The normalized spacial score (nSPS) is 26.2. The van der Waals surface area contributed by atoms with Crippen LogP contribution in [-0.4, -0.2) is 42.0 Å². The molecule has 6 heteroatoms. The SMILES string of the molecule is CC1(C)CN(C(=O)[C@@H]2CCC[C@@H]2N)CCN1c1ccc(Cl)cc1.Cl. The van der Waals surface area contributed by atoms with Gasteiger partial charge in [-0.1, -0.05) is 18.0 Å². The van der Waals surface area contributed by atoms with Gasteiger partial charge in [0.15, 0.2) is 0 Å². The van der Waals surface area contributed by atoms with Crippen LogP contribution in [0.15, 0.2) is 24.3 Å². The number of carbonyl (C=O) groups is 1. The van der Waals surface area contributed by atoms with Gasteiger partial charge >= 0.3 is 0 Å². The molecule has 0 bridgehead atoms. The molecule has 1 aliphatic heterocycles. The third kappa shape index (κ3) is 3.81. The first-order valence-electron chi connectivity index (χ1n) is 8.46. The highest BCUT2D eigenvalue weighted by Crippen LogP contribution is 2.31. The quantitative estimate of drug-likeness (QED) is 0.867. The lowest BCUT2D eigenvalue weighted by Crippen LogP contribution is -2.62. The Morgan fingerprint density at radius 2 is 1.88 bits per heavy atom. The summed E-state index contributed by atoms with van der Waals surface area (Å²) in [6, 6.07) is 7.98. The summed E-state index contributed by atoms with van der Waals surface area (Å²) in [5.74, 6) is 0.270. The Morgan fingerprint density at radius 1 is 1.21 bits per heavy atom. The molecule has 1 aromatic carbocycles. The van der Waals surface area contributed by atoms with Gasteiger partial charge in [0.05, 0.1) is 11.5 Å². The molecule has 3 rings (SSSR count). The number of piperazine rings is 1. The first-order valence-corrected chi connectivity index (χ1v) is 8.84. The van der Waals surface area contributed by atoms with E-state index in [9.17, 15) is 4.79 Å². The summed E-state index contributed by atoms with van der Waals surface area (Å²) in [4.78, 5) is 17.2. The Kier molecular flexibility index (Phi) is 6.05. The topological polar surface area (TPSA) is 49.6 Å².